The molecule has 1 fully saturated rings. The Bertz CT molecular complexity index is 835. The highest BCUT2D eigenvalue weighted by molar-refractivity contribution is 5.96. The average Bonchev–Trinajstić information content (AvgIpc) is 2.98. The van der Waals surface area contributed by atoms with E-state index in [4.69, 9.17) is 0 Å². The predicted molar refractivity (Wildman–Crippen MR) is 107 cm³/mol. The molecule has 27 heavy (non-hydrogen) atoms. The molecule has 1 N–H and O–H groups in total. The van der Waals surface area contributed by atoms with Crippen LogP contribution < -0.4 is 0 Å². The summed E-state index contributed by atoms with van der Waals surface area (Å²) >= 11 is 0. The highest BCUT2D eigenvalue weighted by Gasteiger charge is 2.27. The first-order chi connectivity index (χ1) is 12.7. The molecule has 5 nitrogen and oxygen atoms in total. The highest BCUT2D eigenvalue weighted by Crippen LogP contribution is 2.23. The number of hydrogen-bond acceptors (Lipinski definition) is 2. The van der Waals surface area contributed by atoms with Gasteiger partial charge in [0, 0.05) is 43.1 Å². The monoisotopic (exact) mass is 367 g/mol. The minimum atomic E-state index is 0.0382. The van der Waals surface area contributed by atoms with E-state index in [1.807, 2.05) is 54.0 Å². The van der Waals surface area contributed by atoms with Crippen molar-refractivity contribution in [2.75, 3.05) is 26.2 Å². The first-order valence-electron chi connectivity index (χ1n) is 9.52. The smallest absolute Gasteiger partial charge is 0.255 e. The molecular weight excluding hydrogens is 338 g/mol. The van der Waals surface area contributed by atoms with Crippen LogP contribution in [-0.4, -0.2) is 52.8 Å². The summed E-state index contributed by atoms with van der Waals surface area (Å²) in [6, 6.07) is 9.78. The normalized spacial score (nSPS) is 15.1. The number of nitrogens with zero attached hydrogens (tertiary/aromatic N) is 2. The van der Waals surface area contributed by atoms with Gasteiger partial charge in [-0.1, -0.05) is 32.9 Å². The number of aromatic amines is 1. The molecule has 1 saturated heterocycles. The molecular formula is C22H29N3O2. The van der Waals surface area contributed by atoms with Crippen molar-refractivity contribution >= 4 is 11.8 Å². The first kappa shape index (κ1) is 19.2. The van der Waals surface area contributed by atoms with E-state index in [2.05, 4.69) is 25.8 Å². The molecule has 1 aromatic heterocycles. The summed E-state index contributed by atoms with van der Waals surface area (Å²) in [4.78, 5) is 32.3. The van der Waals surface area contributed by atoms with Crippen LogP contribution in [0.5, 0.6) is 0 Å². The maximum atomic E-state index is 12.8. The first-order valence-corrected chi connectivity index (χ1v) is 9.52. The molecule has 0 saturated carbocycles. The Morgan fingerprint density at radius 2 is 1.41 bits per heavy atom. The van der Waals surface area contributed by atoms with Crippen molar-refractivity contribution in [3.63, 3.8) is 0 Å². The van der Waals surface area contributed by atoms with Crippen molar-refractivity contribution in [1.29, 1.82) is 0 Å². The van der Waals surface area contributed by atoms with Gasteiger partial charge in [-0.05, 0) is 43.0 Å². The van der Waals surface area contributed by atoms with Gasteiger partial charge in [-0.25, -0.2) is 0 Å². The number of nitrogens with one attached hydrogen (secondary N) is 1. The van der Waals surface area contributed by atoms with Crippen LogP contribution in [0.3, 0.4) is 0 Å². The lowest BCUT2D eigenvalue weighted by atomic mass is 9.86. The zero-order chi connectivity index (χ0) is 19.8. The van der Waals surface area contributed by atoms with Crippen LogP contribution in [0, 0.1) is 13.8 Å². The van der Waals surface area contributed by atoms with Gasteiger partial charge in [0.05, 0.1) is 5.56 Å². The molecule has 3 rings (SSSR count). The Morgan fingerprint density at radius 1 is 0.889 bits per heavy atom. The van der Waals surface area contributed by atoms with Gasteiger partial charge >= 0.3 is 0 Å². The van der Waals surface area contributed by atoms with Crippen molar-refractivity contribution in [2.45, 2.75) is 40.0 Å². The number of hydrogen-bond donors (Lipinski definition) is 1. The standard InChI is InChI=1S/C22H29N3O2/c1-15-14-19(16(2)23-15)21(27)25-12-10-24(11-13-25)20(26)17-6-8-18(9-7-17)22(3,4)5/h6-9,14,23H,10-13H2,1-5H3. The zero-order valence-corrected chi connectivity index (χ0v) is 16.9. The Balaban J connectivity index is 1.62. The van der Waals surface area contributed by atoms with Crippen LogP contribution in [0.25, 0.3) is 0 Å². The van der Waals surface area contributed by atoms with E-state index in [1.54, 1.807) is 0 Å². The number of amides is 2. The number of aromatic nitrogens is 1. The Hall–Kier alpha value is -2.56. The van der Waals surface area contributed by atoms with Gasteiger partial charge < -0.3 is 14.8 Å². The van der Waals surface area contributed by atoms with Crippen molar-refractivity contribution in [3.05, 3.63) is 58.4 Å². The second-order valence-electron chi connectivity index (χ2n) is 8.40. The number of carbonyl (C=O) groups excluding carboxylic acids is 2. The second-order valence-corrected chi connectivity index (χ2v) is 8.40. The predicted octanol–water partition coefficient (Wildman–Crippen LogP) is 3.53. The summed E-state index contributed by atoms with van der Waals surface area (Å²) in [5.41, 5.74) is 4.61. The fraction of sp³-hybridized carbons (Fsp3) is 0.455. The van der Waals surface area contributed by atoms with Crippen LogP contribution in [0.2, 0.25) is 0 Å². The molecule has 144 valence electrons. The van der Waals surface area contributed by atoms with Gasteiger partial charge in [0.15, 0.2) is 0 Å². The van der Waals surface area contributed by atoms with Crippen molar-refractivity contribution in [3.8, 4) is 0 Å². The number of piperazine rings is 1. The Kier molecular flexibility index (Phi) is 5.13. The lowest BCUT2D eigenvalue weighted by molar-refractivity contribution is 0.0535. The third-order valence-electron chi connectivity index (χ3n) is 5.23. The van der Waals surface area contributed by atoms with E-state index in [0.29, 0.717) is 31.7 Å². The number of carbonyl (C=O) groups is 2. The van der Waals surface area contributed by atoms with Crippen LogP contribution in [0.15, 0.2) is 30.3 Å². The molecule has 2 aromatic rings. The summed E-state index contributed by atoms with van der Waals surface area (Å²) in [6.45, 7) is 12.6. The topological polar surface area (TPSA) is 56.4 Å². The molecule has 1 aromatic carbocycles. The molecule has 2 amide bonds. The van der Waals surface area contributed by atoms with Crippen LogP contribution in [0.1, 0.15) is 58.4 Å². The van der Waals surface area contributed by atoms with E-state index in [-0.39, 0.29) is 17.2 Å². The number of H-pyrrole nitrogens is 1. The number of rotatable bonds is 2. The quantitative estimate of drug-likeness (QED) is 0.883. The molecule has 1 aliphatic rings. The van der Waals surface area contributed by atoms with Gasteiger partial charge in [-0.3, -0.25) is 9.59 Å². The molecule has 1 aliphatic heterocycles. The van der Waals surface area contributed by atoms with Crippen LogP contribution in [-0.2, 0) is 5.41 Å². The average molecular weight is 367 g/mol. The summed E-state index contributed by atoms with van der Waals surface area (Å²) in [5.74, 6) is 0.0784. The third kappa shape index (κ3) is 4.07. The molecule has 0 bridgehead atoms. The van der Waals surface area contributed by atoms with E-state index in [1.165, 1.54) is 5.56 Å². The summed E-state index contributed by atoms with van der Waals surface area (Å²) in [7, 11) is 0. The van der Waals surface area contributed by atoms with Gasteiger partial charge in [0.25, 0.3) is 11.8 Å². The SMILES string of the molecule is Cc1cc(C(=O)N2CCN(C(=O)c3ccc(C(C)(C)C)cc3)CC2)c(C)[nH]1. The van der Waals surface area contributed by atoms with E-state index >= 15 is 0 Å². The van der Waals surface area contributed by atoms with Gasteiger partial charge in [0.1, 0.15) is 0 Å². The lowest BCUT2D eigenvalue weighted by Crippen LogP contribution is -2.50. The molecule has 2 heterocycles. The largest absolute Gasteiger partial charge is 0.362 e. The molecule has 0 unspecified atom stereocenters. The molecule has 0 spiro atoms. The molecule has 0 aliphatic carbocycles. The fourth-order valence-electron chi connectivity index (χ4n) is 3.52. The van der Waals surface area contributed by atoms with E-state index < -0.39 is 0 Å². The number of aryl methyl sites for hydroxylation is 2. The third-order valence-corrected chi connectivity index (χ3v) is 5.23. The lowest BCUT2D eigenvalue weighted by Gasteiger charge is -2.35. The summed E-state index contributed by atoms with van der Waals surface area (Å²) in [6.07, 6.45) is 0. The van der Waals surface area contributed by atoms with Crippen LogP contribution in [0.4, 0.5) is 0 Å². The fourth-order valence-corrected chi connectivity index (χ4v) is 3.52. The minimum absolute atomic E-state index is 0.0382. The minimum Gasteiger partial charge on any atom is -0.362 e. The maximum Gasteiger partial charge on any atom is 0.255 e. The Morgan fingerprint density at radius 3 is 1.85 bits per heavy atom. The van der Waals surface area contributed by atoms with Gasteiger partial charge in [-0.2, -0.15) is 0 Å². The van der Waals surface area contributed by atoms with E-state index in [0.717, 1.165) is 17.0 Å². The molecule has 0 radical (unpaired) electrons. The second kappa shape index (κ2) is 7.22. The summed E-state index contributed by atoms with van der Waals surface area (Å²) in [5, 5.41) is 0. The zero-order valence-electron chi connectivity index (χ0n) is 16.9. The van der Waals surface area contributed by atoms with Crippen molar-refractivity contribution in [1.82, 2.24) is 14.8 Å². The van der Waals surface area contributed by atoms with Crippen molar-refractivity contribution in [2.24, 2.45) is 0 Å². The number of benzene rings is 1. The molecule has 5 heteroatoms. The molecule has 0 atom stereocenters. The van der Waals surface area contributed by atoms with E-state index in [9.17, 15) is 9.59 Å². The Labute approximate surface area is 161 Å². The van der Waals surface area contributed by atoms with Crippen molar-refractivity contribution < 1.29 is 9.59 Å². The summed E-state index contributed by atoms with van der Waals surface area (Å²) < 4.78 is 0. The maximum absolute atomic E-state index is 12.8. The van der Waals surface area contributed by atoms with Crippen LogP contribution >= 0.6 is 0 Å². The highest BCUT2D eigenvalue weighted by atomic mass is 16.2. The van der Waals surface area contributed by atoms with Gasteiger partial charge in [-0.15, -0.1) is 0 Å². The van der Waals surface area contributed by atoms with Gasteiger partial charge in [0.2, 0.25) is 0 Å².